The van der Waals surface area contributed by atoms with Crippen LogP contribution in [0.2, 0.25) is 0 Å². The van der Waals surface area contributed by atoms with Crippen LogP contribution in [0.25, 0.3) is 10.9 Å². The molecule has 0 fully saturated rings. The third-order valence-corrected chi connectivity index (χ3v) is 9.07. The molecule has 0 aliphatic heterocycles. The van der Waals surface area contributed by atoms with E-state index in [4.69, 9.17) is 11.5 Å². The van der Waals surface area contributed by atoms with Gasteiger partial charge >= 0.3 is 5.97 Å². The first-order valence-electron chi connectivity index (χ1n) is 16.7. The zero-order chi connectivity index (χ0) is 37.4. The van der Waals surface area contributed by atoms with Crippen molar-refractivity contribution in [3.63, 3.8) is 0 Å². The Labute approximate surface area is 290 Å². The number of aliphatic imine (C=N–C) groups is 1. The lowest BCUT2D eigenvalue weighted by atomic mass is 9.76. The Kier molecular flexibility index (Phi) is 14.0. The maximum Gasteiger partial charge on any atom is 0.326 e. The number of aliphatic carboxylic acids is 1. The van der Waals surface area contributed by atoms with Gasteiger partial charge in [-0.25, -0.2) is 4.79 Å². The lowest BCUT2D eigenvalue weighted by Gasteiger charge is -2.39. The number of rotatable bonds is 16. The van der Waals surface area contributed by atoms with Crippen molar-refractivity contribution in [1.82, 2.24) is 25.4 Å². The number of aryl methyl sites for hydroxylation is 1. The van der Waals surface area contributed by atoms with Gasteiger partial charge in [-0.15, -0.1) is 0 Å². The van der Waals surface area contributed by atoms with Crippen molar-refractivity contribution in [2.75, 3.05) is 20.6 Å². The van der Waals surface area contributed by atoms with Gasteiger partial charge in [0.1, 0.15) is 12.1 Å². The molecule has 0 aliphatic carbocycles. The maximum atomic E-state index is 14.2. The number of amides is 3. The van der Waals surface area contributed by atoms with Crippen molar-refractivity contribution in [2.45, 2.75) is 97.8 Å². The summed E-state index contributed by atoms with van der Waals surface area (Å²) in [4.78, 5) is 58.7. The molecule has 0 aliphatic rings. The average Bonchev–Trinajstić information content (AvgIpc) is 3.35. The second-order valence-electron chi connectivity index (χ2n) is 14.8. The van der Waals surface area contributed by atoms with Gasteiger partial charge in [0.2, 0.25) is 17.7 Å². The van der Waals surface area contributed by atoms with E-state index < -0.39 is 46.9 Å². The van der Waals surface area contributed by atoms with Crippen molar-refractivity contribution in [2.24, 2.45) is 34.8 Å². The topological polar surface area (TPSA) is 197 Å². The first-order valence-corrected chi connectivity index (χ1v) is 16.7. The zero-order valence-electron chi connectivity index (χ0n) is 31.0. The number of carboxylic acids is 1. The van der Waals surface area contributed by atoms with Crippen LogP contribution in [0, 0.1) is 11.3 Å². The molecule has 2 rings (SSSR count). The molecule has 2 aromatic rings. The van der Waals surface area contributed by atoms with Crippen molar-refractivity contribution < 1.29 is 24.3 Å². The van der Waals surface area contributed by atoms with Gasteiger partial charge in [-0.2, -0.15) is 0 Å². The van der Waals surface area contributed by atoms with Gasteiger partial charge in [0.05, 0.1) is 12.1 Å². The largest absolute Gasteiger partial charge is 0.480 e. The second-order valence-corrected chi connectivity index (χ2v) is 14.8. The molecular weight excluding hydrogens is 624 g/mol. The first-order chi connectivity index (χ1) is 22.6. The molecule has 3 amide bonds. The summed E-state index contributed by atoms with van der Waals surface area (Å²) in [7, 11) is 5.37. The number of hydrogen-bond donors (Lipinski definition) is 6. The minimum Gasteiger partial charge on any atom is -0.480 e. The molecule has 0 spiro atoms. The highest BCUT2D eigenvalue weighted by Gasteiger charge is 2.42. The van der Waals surface area contributed by atoms with Crippen LogP contribution in [-0.2, 0) is 31.6 Å². The number of fused-ring (bicyclic) bond motifs is 1. The van der Waals surface area contributed by atoms with E-state index >= 15 is 0 Å². The van der Waals surface area contributed by atoms with Crippen LogP contribution in [0.15, 0.2) is 47.1 Å². The van der Waals surface area contributed by atoms with Crippen LogP contribution in [0.1, 0.15) is 73.8 Å². The predicted octanol–water partition coefficient (Wildman–Crippen LogP) is 2.63. The number of carbonyl (C=O) groups excluding carboxylic acids is 3. The number of nitrogens with zero attached hydrogens (tertiary/aromatic N) is 3. The normalized spacial score (nSPS) is 14.9. The maximum absolute atomic E-state index is 14.2. The second kappa shape index (κ2) is 16.8. The van der Waals surface area contributed by atoms with Crippen LogP contribution in [-0.4, -0.2) is 89.0 Å². The summed E-state index contributed by atoms with van der Waals surface area (Å²) < 4.78 is 2.05. The highest BCUT2D eigenvalue weighted by Crippen LogP contribution is 2.35. The van der Waals surface area contributed by atoms with Crippen molar-refractivity contribution in [3.8, 4) is 0 Å². The van der Waals surface area contributed by atoms with Gasteiger partial charge in [-0.1, -0.05) is 72.7 Å². The number of carbonyl (C=O) groups is 4. The van der Waals surface area contributed by atoms with Crippen LogP contribution >= 0.6 is 0 Å². The molecule has 0 bridgehead atoms. The molecule has 8 N–H and O–H groups in total. The van der Waals surface area contributed by atoms with Crippen molar-refractivity contribution >= 4 is 40.6 Å². The van der Waals surface area contributed by atoms with E-state index in [9.17, 15) is 24.3 Å². The molecule has 1 aromatic carbocycles. The number of nitrogens with one attached hydrogen (secondary N) is 3. The summed E-state index contributed by atoms with van der Waals surface area (Å²) in [6.45, 7) is 15.4. The van der Waals surface area contributed by atoms with Gasteiger partial charge in [-0.05, 0) is 49.8 Å². The lowest BCUT2D eigenvalue weighted by molar-refractivity contribution is -0.141. The predicted molar refractivity (Wildman–Crippen MR) is 195 cm³/mol. The highest BCUT2D eigenvalue weighted by atomic mass is 16.4. The van der Waals surface area contributed by atoms with E-state index in [0.717, 1.165) is 16.5 Å². The molecule has 1 heterocycles. The number of guanidine groups is 1. The van der Waals surface area contributed by atoms with Crippen molar-refractivity contribution in [3.05, 3.63) is 47.7 Å². The van der Waals surface area contributed by atoms with Crippen molar-refractivity contribution in [1.29, 1.82) is 0 Å². The lowest BCUT2D eigenvalue weighted by Crippen LogP contribution is -2.61. The summed E-state index contributed by atoms with van der Waals surface area (Å²) >= 11 is 0. The number of hydrogen-bond acceptors (Lipinski definition) is 6. The minimum absolute atomic E-state index is 0.0899. The van der Waals surface area contributed by atoms with Gasteiger partial charge < -0.3 is 42.0 Å². The number of nitrogens with two attached hydrogens (primary N) is 2. The van der Waals surface area contributed by atoms with E-state index in [1.54, 1.807) is 32.0 Å². The summed E-state index contributed by atoms with van der Waals surface area (Å²) in [6, 6.07) is 4.82. The average molecular weight is 683 g/mol. The molecule has 2 unspecified atom stereocenters. The zero-order valence-corrected chi connectivity index (χ0v) is 31.0. The Balaban J connectivity index is 2.33. The third-order valence-electron chi connectivity index (χ3n) is 9.07. The quantitative estimate of drug-likeness (QED) is 0.0672. The first kappa shape index (κ1) is 40.8. The standard InChI is InChI=1S/C36H58N8O5/c1-21(2)27(19-22(3)30(45)41-25(33(48)49)16-14-18-40-34(37)38)44(11)32(47)29(35(4,5)6)42-31(46)28(39-9)36(7,8)24-20-43(10)26-17-13-12-15-23(24)26/h12-13,15,17,19-21,25,27-29,39H,14,16,18H2,1-11H3,(H,41,45)(H,42,46)(H,48,49)(H4,37,38,40)/b22-19+/t25-,27?,28?,29+/m0/s1. The Morgan fingerprint density at radius 2 is 1.65 bits per heavy atom. The molecule has 0 saturated carbocycles. The number of carboxylic acid groups (broad SMARTS) is 1. The van der Waals surface area contributed by atoms with Gasteiger partial charge in [-0.3, -0.25) is 19.4 Å². The van der Waals surface area contributed by atoms with E-state index in [2.05, 4.69) is 20.9 Å². The summed E-state index contributed by atoms with van der Waals surface area (Å²) in [5.74, 6) is -2.57. The molecule has 49 heavy (non-hydrogen) atoms. The number of para-hydroxylation sites is 1. The van der Waals surface area contributed by atoms with Crippen LogP contribution < -0.4 is 27.4 Å². The fourth-order valence-electron chi connectivity index (χ4n) is 6.17. The molecule has 13 nitrogen and oxygen atoms in total. The molecule has 0 radical (unpaired) electrons. The molecule has 4 atom stereocenters. The summed E-state index contributed by atoms with van der Waals surface area (Å²) in [5.41, 5.74) is 11.7. The van der Waals surface area contributed by atoms with Crippen LogP contribution in [0.5, 0.6) is 0 Å². The molecule has 1 aromatic heterocycles. The van der Waals surface area contributed by atoms with Crippen LogP contribution in [0.3, 0.4) is 0 Å². The molecule has 13 heteroatoms. The monoisotopic (exact) mass is 682 g/mol. The Bertz CT molecular complexity index is 1550. The fraction of sp³-hybridized carbons (Fsp3) is 0.583. The summed E-state index contributed by atoms with van der Waals surface area (Å²) in [5, 5.41) is 19.5. The van der Waals surface area contributed by atoms with Crippen LogP contribution in [0.4, 0.5) is 0 Å². The number of benzene rings is 1. The Hall–Kier alpha value is -4.39. The van der Waals surface area contributed by atoms with E-state index in [0.29, 0.717) is 6.42 Å². The van der Waals surface area contributed by atoms with E-state index in [1.807, 2.05) is 90.5 Å². The highest BCUT2D eigenvalue weighted by molar-refractivity contribution is 5.96. The summed E-state index contributed by atoms with van der Waals surface area (Å²) in [6.07, 6.45) is 4.20. The fourth-order valence-corrected chi connectivity index (χ4v) is 6.17. The number of aromatic nitrogens is 1. The van der Waals surface area contributed by atoms with Gasteiger partial charge in [0.25, 0.3) is 0 Å². The van der Waals surface area contributed by atoms with E-state index in [1.165, 1.54) is 0 Å². The Morgan fingerprint density at radius 3 is 2.18 bits per heavy atom. The SMILES string of the molecule is CNC(C(=O)N[C@H](C(=O)N(C)C(/C=C(\C)C(=O)N[C@@H](CCCN=C(N)N)C(=O)O)C(C)C)C(C)(C)C)C(C)(C)c1cn(C)c2ccccc12. The number of likely N-dealkylation sites (N-methyl/N-ethyl adjacent to an activating group) is 2. The van der Waals surface area contributed by atoms with E-state index in [-0.39, 0.29) is 42.2 Å². The third kappa shape index (κ3) is 10.3. The minimum atomic E-state index is -1.18. The molecule has 0 saturated heterocycles. The van der Waals surface area contributed by atoms with Gasteiger partial charge in [0.15, 0.2) is 5.96 Å². The molecular formula is C36H58N8O5. The molecule has 272 valence electrons. The smallest absolute Gasteiger partial charge is 0.326 e. The van der Waals surface area contributed by atoms with Gasteiger partial charge in [0, 0.05) is 48.7 Å². The Morgan fingerprint density at radius 1 is 1.04 bits per heavy atom.